The van der Waals surface area contributed by atoms with E-state index in [4.69, 9.17) is 5.73 Å². The Morgan fingerprint density at radius 2 is 2.31 bits per heavy atom. The maximum atomic E-state index is 5.69. The minimum Gasteiger partial charge on any atom is -0.396 e. The van der Waals surface area contributed by atoms with Gasteiger partial charge in [-0.25, -0.2) is 4.98 Å². The van der Waals surface area contributed by atoms with E-state index in [1.165, 1.54) is 0 Å². The predicted molar refractivity (Wildman–Crippen MR) is 54.2 cm³/mol. The predicted octanol–water partition coefficient (Wildman–Crippen LogP) is 0.543. The van der Waals surface area contributed by atoms with Crippen molar-refractivity contribution in [3.05, 3.63) is 23.5 Å². The molecule has 0 aliphatic heterocycles. The molecular formula is C10H13N3. The summed E-state index contributed by atoms with van der Waals surface area (Å²) < 4.78 is 0. The van der Waals surface area contributed by atoms with Crippen molar-refractivity contribution in [2.45, 2.75) is 6.92 Å². The lowest BCUT2D eigenvalue weighted by atomic mass is 10.2. The molecule has 0 atom stereocenters. The summed E-state index contributed by atoms with van der Waals surface area (Å²) in [6.07, 6.45) is 0. The van der Waals surface area contributed by atoms with Gasteiger partial charge in [0.05, 0.1) is 12.2 Å². The van der Waals surface area contributed by atoms with Gasteiger partial charge >= 0.3 is 0 Å². The molecule has 0 saturated carbocycles. The maximum Gasteiger partial charge on any atom is 0.136 e. The van der Waals surface area contributed by atoms with Crippen molar-refractivity contribution in [3.63, 3.8) is 0 Å². The van der Waals surface area contributed by atoms with Crippen LogP contribution in [0.5, 0.6) is 0 Å². The van der Waals surface area contributed by atoms with Crippen LogP contribution in [-0.4, -0.2) is 18.6 Å². The number of hydrogen-bond acceptors (Lipinski definition) is 3. The summed E-state index contributed by atoms with van der Waals surface area (Å²) in [5.74, 6) is 5.82. The van der Waals surface area contributed by atoms with Crippen LogP contribution in [0.25, 0.3) is 0 Å². The Labute approximate surface area is 78.4 Å². The molecule has 0 bridgehead atoms. The Kier molecular flexibility index (Phi) is 3.30. The molecule has 68 valence electrons. The van der Waals surface area contributed by atoms with Crippen molar-refractivity contribution < 1.29 is 0 Å². The summed E-state index contributed by atoms with van der Waals surface area (Å²) >= 11 is 0. The topological polar surface area (TPSA) is 50.9 Å². The summed E-state index contributed by atoms with van der Waals surface area (Å²) in [5.41, 5.74) is 7.92. The zero-order valence-electron chi connectivity index (χ0n) is 7.89. The molecule has 3 heteroatoms. The lowest BCUT2D eigenvalue weighted by Gasteiger charge is -1.97. The molecule has 3 N–H and O–H groups in total. The van der Waals surface area contributed by atoms with Gasteiger partial charge in [-0.3, -0.25) is 0 Å². The minimum absolute atomic E-state index is 0.634. The number of hydrogen-bond donors (Lipinski definition) is 2. The van der Waals surface area contributed by atoms with E-state index in [0.29, 0.717) is 17.9 Å². The number of anilines is 1. The third kappa shape index (κ3) is 2.77. The van der Waals surface area contributed by atoms with Crippen LogP contribution < -0.4 is 11.1 Å². The third-order valence-corrected chi connectivity index (χ3v) is 1.54. The Morgan fingerprint density at radius 3 is 3.00 bits per heavy atom. The molecule has 1 aromatic rings. The Hall–Kier alpha value is -1.53. The van der Waals surface area contributed by atoms with Gasteiger partial charge < -0.3 is 11.1 Å². The quantitative estimate of drug-likeness (QED) is 0.613. The number of nitrogen functional groups attached to an aromatic ring is 1. The fourth-order valence-electron chi connectivity index (χ4n) is 0.884. The molecule has 0 radical (unpaired) electrons. The van der Waals surface area contributed by atoms with Crippen molar-refractivity contribution in [1.82, 2.24) is 10.3 Å². The second-order valence-electron chi connectivity index (χ2n) is 2.72. The normalized spacial score (nSPS) is 9.08. The summed E-state index contributed by atoms with van der Waals surface area (Å²) in [5, 5.41) is 2.93. The molecule has 0 aromatic carbocycles. The first-order valence-electron chi connectivity index (χ1n) is 4.10. The highest BCUT2D eigenvalue weighted by Crippen LogP contribution is 2.07. The van der Waals surface area contributed by atoms with Crippen molar-refractivity contribution in [1.29, 1.82) is 0 Å². The first kappa shape index (κ1) is 9.56. The van der Waals surface area contributed by atoms with Crippen LogP contribution >= 0.6 is 0 Å². The molecular weight excluding hydrogens is 162 g/mol. The molecule has 0 aliphatic carbocycles. The Bertz CT molecular complexity index is 347. The lowest BCUT2D eigenvalue weighted by molar-refractivity contribution is 0.938. The summed E-state index contributed by atoms with van der Waals surface area (Å²) in [7, 11) is 1.85. The zero-order chi connectivity index (χ0) is 9.68. The van der Waals surface area contributed by atoms with Crippen LogP contribution in [0.15, 0.2) is 12.1 Å². The molecule has 3 nitrogen and oxygen atoms in total. The Balaban J connectivity index is 2.89. The number of nitrogens with zero attached hydrogens (tertiary/aromatic N) is 1. The van der Waals surface area contributed by atoms with E-state index in [1.807, 2.05) is 26.1 Å². The van der Waals surface area contributed by atoms with Gasteiger partial charge in [0.15, 0.2) is 0 Å². The van der Waals surface area contributed by atoms with E-state index in [-0.39, 0.29) is 0 Å². The summed E-state index contributed by atoms with van der Waals surface area (Å²) in [4.78, 5) is 4.22. The van der Waals surface area contributed by atoms with Crippen molar-refractivity contribution in [2.24, 2.45) is 0 Å². The van der Waals surface area contributed by atoms with E-state index in [2.05, 4.69) is 22.1 Å². The molecule has 0 unspecified atom stereocenters. The van der Waals surface area contributed by atoms with Crippen LogP contribution in [0.2, 0.25) is 0 Å². The van der Waals surface area contributed by atoms with Crippen molar-refractivity contribution in [2.75, 3.05) is 19.3 Å². The third-order valence-electron chi connectivity index (χ3n) is 1.54. The molecule has 13 heavy (non-hydrogen) atoms. The number of pyridine rings is 1. The van der Waals surface area contributed by atoms with E-state index in [9.17, 15) is 0 Å². The first-order chi connectivity index (χ1) is 6.24. The molecule has 0 aliphatic rings. The van der Waals surface area contributed by atoms with Crippen LogP contribution in [0, 0.1) is 18.8 Å². The first-order valence-corrected chi connectivity index (χ1v) is 4.10. The van der Waals surface area contributed by atoms with Crippen LogP contribution in [0.3, 0.4) is 0 Å². The van der Waals surface area contributed by atoms with Gasteiger partial charge in [0, 0.05) is 5.69 Å². The highest BCUT2D eigenvalue weighted by molar-refractivity contribution is 5.51. The SMILES string of the molecule is CNCC#Cc1nc(C)ccc1N. The highest BCUT2D eigenvalue weighted by Gasteiger charge is 1.95. The second-order valence-corrected chi connectivity index (χ2v) is 2.72. The van der Waals surface area contributed by atoms with Crippen LogP contribution in [-0.2, 0) is 0 Å². The zero-order valence-corrected chi connectivity index (χ0v) is 7.89. The molecule has 1 heterocycles. The van der Waals surface area contributed by atoms with Gasteiger partial charge in [-0.2, -0.15) is 0 Å². The largest absolute Gasteiger partial charge is 0.396 e. The molecule has 0 spiro atoms. The minimum atomic E-state index is 0.634. The summed E-state index contributed by atoms with van der Waals surface area (Å²) in [6.45, 7) is 2.57. The maximum absolute atomic E-state index is 5.69. The average molecular weight is 175 g/mol. The number of aryl methyl sites for hydroxylation is 1. The standard InChI is InChI=1S/C10H13N3/c1-8-5-6-9(11)10(13-8)4-3-7-12-2/h5-6,12H,7,11H2,1-2H3. The van der Waals surface area contributed by atoms with E-state index >= 15 is 0 Å². The fourth-order valence-corrected chi connectivity index (χ4v) is 0.884. The van der Waals surface area contributed by atoms with E-state index in [0.717, 1.165) is 5.69 Å². The second kappa shape index (κ2) is 4.48. The van der Waals surface area contributed by atoms with Crippen LogP contribution in [0.4, 0.5) is 5.69 Å². The Morgan fingerprint density at radius 1 is 1.54 bits per heavy atom. The molecule has 0 fully saturated rings. The van der Waals surface area contributed by atoms with Crippen molar-refractivity contribution in [3.8, 4) is 11.8 Å². The lowest BCUT2D eigenvalue weighted by Crippen LogP contribution is -2.04. The van der Waals surface area contributed by atoms with Gasteiger partial charge in [0.2, 0.25) is 0 Å². The average Bonchev–Trinajstić information content (AvgIpc) is 2.11. The highest BCUT2D eigenvalue weighted by atomic mass is 14.8. The monoisotopic (exact) mass is 175 g/mol. The van der Waals surface area contributed by atoms with Crippen molar-refractivity contribution >= 4 is 5.69 Å². The van der Waals surface area contributed by atoms with Gasteiger partial charge in [0.1, 0.15) is 5.69 Å². The molecule has 1 aromatic heterocycles. The number of aromatic nitrogens is 1. The van der Waals surface area contributed by atoms with Gasteiger partial charge in [0.25, 0.3) is 0 Å². The van der Waals surface area contributed by atoms with Gasteiger partial charge in [-0.15, -0.1) is 0 Å². The summed E-state index contributed by atoms with van der Waals surface area (Å²) in [6, 6.07) is 3.70. The molecule has 0 saturated heterocycles. The smallest absolute Gasteiger partial charge is 0.136 e. The van der Waals surface area contributed by atoms with Crippen LogP contribution in [0.1, 0.15) is 11.4 Å². The fraction of sp³-hybridized carbons (Fsp3) is 0.300. The number of nitrogens with two attached hydrogens (primary N) is 1. The van der Waals surface area contributed by atoms with E-state index in [1.54, 1.807) is 0 Å². The number of nitrogens with one attached hydrogen (secondary N) is 1. The number of rotatable bonds is 1. The van der Waals surface area contributed by atoms with E-state index < -0.39 is 0 Å². The van der Waals surface area contributed by atoms with Gasteiger partial charge in [-0.05, 0) is 32.0 Å². The molecule has 1 rings (SSSR count). The van der Waals surface area contributed by atoms with Gasteiger partial charge in [-0.1, -0.05) is 5.92 Å². The molecule has 0 amide bonds.